The summed E-state index contributed by atoms with van der Waals surface area (Å²) in [6.45, 7) is 8.49. The number of ether oxygens (including phenoxy) is 1. The molecule has 0 saturated carbocycles. The highest BCUT2D eigenvalue weighted by atomic mass is 16.5. The molecule has 2 aliphatic carbocycles. The summed E-state index contributed by atoms with van der Waals surface area (Å²) < 4.78 is 5.56. The lowest BCUT2D eigenvalue weighted by molar-refractivity contribution is -0.112. The molecule has 0 aromatic carbocycles. The van der Waals surface area contributed by atoms with Crippen molar-refractivity contribution in [1.82, 2.24) is 0 Å². The van der Waals surface area contributed by atoms with Crippen molar-refractivity contribution in [2.24, 2.45) is 5.41 Å². The first kappa shape index (κ1) is 12.6. The third-order valence-corrected chi connectivity index (χ3v) is 3.99. The van der Waals surface area contributed by atoms with E-state index in [1.165, 1.54) is 5.57 Å². The average Bonchev–Trinajstić information content (AvgIpc) is 2.50. The fraction of sp³-hybridized carbons (Fsp3) is 0.667. The van der Waals surface area contributed by atoms with Crippen LogP contribution in [0, 0.1) is 5.41 Å². The molecule has 0 aromatic heterocycles. The second kappa shape index (κ2) is 4.09. The third-order valence-electron chi connectivity index (χ3n) is 3.99. The van der Waals surface area contributed by atoms with Crippen LogP contribution in [0.2, 0.25) is 0 Å². The summed E-state index contributed by atoms with van der Waals surface area (Å²) in [6.07, 6.45) is 2.98. The van der Waals surface area contributed by atoms with Crippen molar-refractivity contribution in [1.29, 1.82) is 0 Å². The molecular formula is C15H22O2. The van der Waals surface area contributed by atoms with Gasteiger partial charge in [0.2, 0.25) is 0 Å². The van der Waals surface area contributed by atoms with E-state index in [1.54, 1.807) is 7.11 Å². The highest BCUT2D eigenvalue weighted by Gasteiger charge is 2.42. The van der Waals surface area contributed by atoms with Crippen molar-refractivity contribution < 1.29 is 9.53 Å². The molecule has 0 aliphatic heterocycles. The van der Waals surface area contributed by atoms with Gasteiger partial charge in [-0.15, -0.1) is 0 Å². The lowest BCUT2D eigenvalue weighted by Crippen LogP contribution is -2.20. The SMILES string of the molecule is COC1C2=C(CC(C)(C)CC2)C(=O)C1=C(C)C. The van der Waals surface area contributed by atoms with Gasteiger partial charge in [0, 0.05) is 18.3 Å². The van der Waals surface area contributed by atoms with Crippen LogP contribution in [-0.2, 0) is 9.53 Å². The molecule has 2 heteroatoms. The van der Waals surface area contributed by atoms with Crippen molar-refractivity contribution in [3.05, 3.63) is 22.3 Å². The van der Waals surface area contributed by atoms with Crippen LogP contribution in [0.3, 0.4) is 0 Å². The maximum Gasteiger partial charge on any atom is 0.187 e. The van der Waals surface area contributed by atoms with Crippen LogP contribution in [0.4, 0.5) is 0 Å². The molecule has 2 nitrogen and oxygen atoms in total. The van der Waals surface area contributed by atoms with Gasteiger partial charge < -0.3 is 4.74 Å². The lowest BCUT2D eigenvalue weighted by Gasteiger charge is -2.30. The molecule has 0 N–H and O–H groups in total. The number of ketones is 1. The number of hydrogen-bond acceptors (Lipinski definition) is 2. The average molecular weight is 234 g/mol. The Morgan fingerprint density at radius 3 is 2.53 bits per heavy atom. The Morgan fingerprint density at radius 1 is 1.35 bits per heavy atom. The number of hydrogen-bond donors (Lipinski definition) is 0. The van der Waals surface area contributed by atoms with E-state index in [-0.39, 0.29) is 17.3 Å². The van der Waals surface area contributed by atoms with Gasteiger partial charge in [-0.1, -0.05) is 19.4 Å². The number of methoxy groups -OCH3 is 1. The second-order valence-electron chi connectivity index (χ2n) is 6.20. The zero-order chi connectivity index (χ0) is 12.8. The quantitative estimate of drug-likeness (QED) is 0.650. The highest BCUT2D eigenvalue weighted by molar-refractivity contribution is 6.13. The maximum absolute atomic E-state index is 12.4. The van der Waals surface area contributed by atoms with E-state index >= 15 is 0 Å². The second-order valence-corrected chi connectivity index (χ2v) is 6.20. The summed E-state index contributed by atoms with van der Waals surface area (Å²) in [6, 6.07) is 0. The first-order valence-corrected chi connectivity index (χ1v) is 6.34. The number of rotatable bonds is 1. The molecule has 2 rings (SSSR count). The van der Waals surface area contributed by atoms with Gasteiger partial charge in [-0.2, -0.15) is 0 Å². The van der Waals surface area contributed by atoms with Gasteiger partial charge in [0.25, 0.3) is 0 Å². The van der Waals surface area contributed by atoms with Gasteiger partial charge in [0.1, 0.15) is 6.10 Å². The van der Waals surface area contributed by atoms with Crippen LogP contribution < -0.4 is 0 Å². The molecule has 0 bridgehead atoms. The van der Waals surface area contributed by atoms with E-state index < -0.39 is 0 Å². The Morgan fingerprint density at radius 2 is 2.00 bits per heavy atom. The zero-order valence-electron chi connectivity index (χ0n) is 11.5. The molecule has 0 fully saturated rings. The van der Waals surface area contributed by atoms with Crippen LogP contribution >= 0.6 is 0 Å². The molecular weight excluding hydrogens is 212 g/mol. The van der Waals surface area contributed by atoms with Crippen molar-refractivity contribution in [2.45, 2.75) is 53.1 Å². The molecule has 0 saturated heterocycles. The molecule has 0 radical (unpaired) electrons. The van der Waals surface area contributed by atoms with E-state index in [9.17, 15) is 4.79 Å². The van der Waals surface area contributed by atoms with Crippen molar-refractivity contribution >= 4 is 5.78 Å². The molecule has 17 heavy (non-hydrogen) atoms. The Kier molecular flexibility index (Phi) is 3.03. The Labute approximate surface area is 104 Å². The summed E-state index contributed by atoms with van der Waals surface area (Å²) in [5.41, 5.74) is 4.51. The van der Waals surface area contributed by atoms with E-state index in [4.69, 9.17) is 4.74 Å². The Hall–Kier alpha value is -0.890. The third kappa shape index (κ3) is 1.99. The van der Waals surface area contributed by atoms with E-state index in [1.807, 2.05) is 13.8 Å². The van der Waals surface area contributed by atoms with Gasteiger partial charge in [0.15, 0.2) is 5.78 Å². The molecule has 94 valence electrons. The van der Waals surface area contributed by atoms with E-state index in [0.29, 0.717) is 0 Å². The summed E-state index contributed by atoms with van der Waals surface area (Å²) >= 11 is 0. The summed E-state index contributed by atoms with van der Waals surface area (Å²) in [5.74, 6) is 0.236. The Bertz CT molecular complexity index is 420. The smallest absolute Gasteiger partial charge is 0.187 e. The van der Waals surface area contributed by atoms with Crippen LogP contribution in [0.1, 0.15) is 47.0 Å². The molecule has 0 amide bonds. The fourth-order valence-corrected chi connectivity index (χ4v) is 3.03. The van der Waals surface area contributed by atoms with Crippen LogP contribution in [0.5, 0.6) is 0 Å². The minimum atomic E-state index is -0.0707. The van der Waals surface area contributed by atoms with Gasteiger partial charge in [-0.25, -0.2) is 0 Å². The van der Waals surface area contributed by atoms with E-state index in [2.05, 4.69) is 13.8 Å². The van der Waals surface area contributed by atoms with Crippen molar-refractivity contribution in [3.63, 3.8) is 0 Å². The standard InChI is InChI=1S/C15H22O2/c1-9(2)12-13(16)11-8-15(3,4)7-6-10(11)14(12)17-5/h14H,6-8H2,1-5H3. The summed E-state index contributed by atoms with van der Waals surface area (Å²) in [7, 11) is 1.70. The number of allylic oxidation sites excluding steroid dienone is 2. The van der Waals surface area contributed by atoms with Crippen LogP contribution in [0.15, 0.2) is 22.3 Å². The minimum Gasteiger partial charge on any atom is -0.372 e. The largest absolute Gasteiger partial charge is 0.372 e. The molecule has 2 aliphatic rings. The zero-order valence-corrected chi connectivity index (χ0v) is 11.5. The Balaban J connectivity index is 2.45. The first-order valence-electron chi connectivity index (χ1n) is 6.34. The summed E-state index contributed by atoms with van der Waals surface area (Å²) in [4.78, 5) is 12.4. The number of carbonyl (C=O) groups excluding carboxylic acids is 1. The normalized spacial score (nSPS) is 27.5. The van der Waals surface area contributed by atoms with Crippen LogP contribution in [0.25, 0.3) is 0 Å². The fourth-order valence-electron chi connectivity index (χ4n) is 3.03. The molecule has 1 atom stereocenters. The van der Waals surface area contributed by atoms with Gasteiger partial charge in [-0.3, -0.25) is 4.79 Å². The van der Waals surface area contributed by atoms with Crippen molar-refractivity contribution in [3.8, 4) is 0 Å². The molecule has 0 spiro atoms. The molecule has 0 aromatic rings. The van der Waals surface area contributed by atoms with Gasteiger partial charge >= 0.3 is 0 Å². The van der Waals surface area contributed by atoms with Gasteiger partial charge in [0.05, 0.1) is 0 Å². The van der Waals surface area contributed by atoms with Crippen molar-refractivity contribution in [2.75, 3.05) is 7.11 Å². The predicted octanol–water partition coefficient (Wildman–Crippen LogP) is 3.43. The topological polar surface area (TPSA) is 26.3 Å². The molecule has 0 heterocycles. The van der Waals surface area contributed by atoms with Crippen LogP contribution in [-0.4, -0.2) is 19.0 Å². The predicted molar refractivity (Wildman–Crippen MR) is 68.8 cm³/mol. The molecule has 1 unspecified atom stereocenters. The minimum absolute atomic E-state index is 0.0707. The highest BCUT2D eigenvalue weighted by Crippen LogP contribution is 2.46. The number of carbonyl (C=O) groups is 1. The number of Topliss-reactive ketones (excluding diaryl/α,β-unsaturated/α-hetero) is 1. The lowest BCUT2D eigenvalue weighted by atomic mass is 9.75. The summed E-state index contributed by atoms with van der Waals surface area (Å²) in [5, 5.41) is 0. The van der Waals surface area contributed by atoms with E-state index in [0.717, 1.165) is 36.0 Å². The maximum atomic E-state index is 12.4. The first-order chi connectivity index (χ1) is 7.87. The van der Waals surface area contributed by atoms with Gasteiger partial charge in [-0.05, 0) is 44.1 Å². The monoisotopic (exact) mass is 234 g/mol.